The van der Waals surface area contributed by atoms with Crippen LogP contribution in [0.25, 0.3) is 0 Å². The summed E-state index contributed by atoms with van der Waals surface area (Å²) in [6.07, 6.45) is 5.44. The molecule has 1 aliphatic carbocycles. The maximum Gasteiger partial charge on any atom is 0.290 e. The number of methoxy groups -OCH3 is 3. The van der Waals surface area contributed by atoms with Crippen molar-refractivity contribution in [1.29, 1.82) is 0 Å². The van der Waals surface area contributed by atoms with E-state index in [1.54, 1.807) is 24.3 Å². The number of rotatable bonds is 10. The molecule has 0 spiro atoms. The minimum absolute atomic E-state index is 0.0781. The van der Waals surface area contributed by atoms with E-state index in [-0.39, 0.29) is 30.2 Å². The molecule has 1 aromatic carbocycles. The SMILES string of the molecule is COc1cc(C(C(=O)NC2CCCC2)N(Cc2cccs2)C(=O)c2ccco2)cc(OC)c1OC. The van der Waals surface area contributed by atoms with Gasteiger partial charge < -0.3 is 28.8 Å². The van der Waals surface area contributed by atoms with Gasteiger partial charge in [-0.2, -0.15) is 0 Å². The van der Waals surface area contributed by atoms with Crippen LogP contribution in [0.15, 0.2) is 52.5 Å². The average Bonchev–Trinajstić information content (AvgIpc) is 3.66. The van der Waals surface area contributed by atoms with E-state index in [1.807, 2.05) is 17.5 Å². The first-order chi connectivity index (χ1) is 17.0. The Kier molecular flexibility index (Phi) is 7.97. The van der Waals surface area contributed by atoms with Gasteiger partial charge in [-0.15, -0.1) is 11.3 Å². The van der Waals surface area contributed by atoms with Crippen LogP contribution in [0, 0.1) is 0 Å². The smallest absolute Gasteiger partial charge is 0.290 e. The molecule has 0 saturated heterocycles. The number of thiophene rings is 1. The highest BCUT2D eigenvalue weighted by Gasteiger charge is 2.36. The van der Waals surface area contributed by atoms with Gasteiger partial charge >= 0.3 is 0 Å². The van der Waals surface area contributed by atoms with Crippen molar-refractivity contribution >= 4 is 23.2 Å². The van der Waals surface area contributed by atoms with Crippen LogP contribution in [0.2, 0.25) is 0 Å². The third kappa shape index (κ3) is 5.45. The Bertz CT molecular complexity index is 1100. The van der Waals surface area contributed by atoms with E-state index in [2.05, 4.69) is 5.32 Å². The molecular weight excluding hydrogens is 468 g/mol. The summed E-state index contributed by atoms with van der Waals surface area (Å²) >= 11 is 1.52. The van der Waals surface area contributed by atoms with Gasteiger partial charge in [-0.05, 0) is 54.1 Å². The molecular formula is C26H30N2O6S. The summed E-state index contributed by atoms with van der Waals surface area (Å²) in [6, 6.07) is 9.68. The van der Waals surface area contributed by atoms with Crippen molar-refractivity contribution in [3.8, 4) is 17.2 Å². The second kappa shape index (κ2) is 11.3. The average molecular weight is 499 g/mol. The minimum atomic E-state index is -0.955. The van der Waals surface area contributed by atoms with Gasteiger partial charge in [-0.1, -0.05) is 18.9 Å². The molecule has 4 rings (SSSR count). The number of hydrogen-bond acceptors (Lipinski definition) is 7. The second-order valence-corrected chi connectivity index (χ2v) is 9.37. The van der Waals surface area contributed by atoms with Crippen LogP contribution in [0.5, 0.6) is 17.2 Å². The van der Waals surface area contributed by atoms with Gasteiger partial charge in [0.1, 0.15) is 6.04 Å². The molecule has 1 saturated carbocycles. The summed E-state index contributed by atoms with van der Waals surface area (Å²) < 4.78 is 22.0. The number of nitrogens with zero attached hydrogens (tertiary/aromatic N) is 1. The lowest BCUT2D eigenvalue weighted by atomic mass is 10.0. The van der Waals surface area contributed by atoms with Crippen LogP contribution in [0.4, 0.5) is 0 Å². The first-order valence-corrected chi connectivity index (χ1v) is 12.4. The van der Waals surface area contributed by atoms with Crippen LogP contribution in [0.3, 0.4) is 0 Å². The minimum Gasteiger partial charge on any atom is -0.493 e. The molecule has 0 radical (unpaired) electrons. The van der Waals surface area contributed by atoms with Crippen LogP contribution >= 0.6 is 11.3 Å². The van der Waals surface area contributed by atoms with E-state index in [0.29, 0.717) is 22.8 Å². The fourth-order valence-corrected chi connectivity index (χ4v) is 5.18. The maximum absolute atomic E-state index is 13.9. The van der Waals surface area contributed by atoms with Crippen molar-refractivity contribution in [2.75, 3.05) is 21.3 Å². The monoisotopic (exact) mass is 498 g/mol. The van der Waals surface area contributed by atoms with E-state index in [1.165, 1.54) is 43.8 Å². The number of carbonyl (C=O) groups excluding carboxylic acids is 2. The topological polar surface area (TPSA) is 90.2 Å². The van der Waals surface area contributed by atoms with Gasteiger partial charge in [-0.25, -0.2) is 0 Å². The molecule has 8 nitrogen and oxygen atoms in total. The molecule has 1 unspecified atom stereocenters. The molecule has 0 aliphatic heterocycles. The predicted octanol–water partition coefficient (Wildman–Crippen LogP) is 4.81. The molecule has 1 fully saturated rings. The summed E-state index contributed by atoms with van der Waals surface area (Å²) in [5, 5.41) is 5.11. The zero-order valence-electron chi connectivity index (χ0n) is 20.1. The van der Waals surface area contributed by atoms with Crippen LogP contribution in [0.1, 0.15) is 52.7 Å². The molecule has 3 aromatic rings. The van der Waals surface area contributed by atoms with Crippen LogP contribution < -0.4 is 19.5 Å². The normalized spacial score (nSPS) is 14.4. The Morgan fingerprint density at radius 2 is 1.80 bits per heavy atom. The third-order valence-electron chi connectivity index (χ3n) is 6.16. The van der Waals surface area contributed by atoms with Crippen molar-refractivity contribution in [1.82, 2.24) is 10.2 Å². The largest absolute Gasteiger partial charge is 0.493 e. The van der Waals surface area contributed by atoms with E-state index < -0.39 is 6.04 Å². The number of hydrogen-bond donors (Lipinski definition) is 1. The third-order valence-corrected chi connectivity index (χ3v) is 7.02. The zero-order chi connectivity index (χ0) is 24.8. The van der Waals surface area contributed by atoms with Crippen LogP contribution in [-0.2, 0) is 11.3 Å². The predicted molar refractivity (Wildman–Crippen MR) is 132 cm³/mol. The number of amides is 2. The highest BCUT2D eigenvalue weighted by Crippen LogP contribution is 2.41. The van der Waals surface area contributed by atoms with E-state index in [9.17, 15) is 9.59 Å². The maximum atomic E-state index is 13.9. The summed E-state index contributed by atoms with van der Waals surface area (Å²) in [6.45, 7) is 0.233. The Morgan fingerprint density at radius 3 is 2.34 bits per heavy atom. The van der Waals surface area contributed by atoms with Crippen molar-refractivity contribution in [2.24, 2.45) is 0 Å². The highest BCUT2D eigenvalue weighted by molar-refractivity contribution is 7.09. The Balaban J connectivity index is 1.82. The number of carbonyl (C=O) groups is 2. The van der Waals surface area contributed by atoms with Gasteiger partial charge in [0.05, 0.1) is 34.1 Å². The standard InChI is InChI=1S/C26H30N2O6S/c1-31-21-14-17(15-22(32-2)24(21)33-3)23(25(29)27-18-8-4-5-9-18)28(16-19-10-7-13-35-19)26(30)20-11-6-12-34-20/h6-7,10-15,18,23H,4-5,8-9,16H2,1-3H3,(H,27,29). The fourth-order valence-electron chi connectivity index (χ4n) is 4.47. The highest BCUT2D eigenvalue weighted by atomic mass is 32.1. The van der Waals surface area contributed by atoms with Crippen molar-refractivity contribution in [3.05, 3.63) is 64.2 Å². The first kappa shape index (κ1) is 24.7. The lowest BCUT2D eigenvalue weighted by molar-refractivity contribution is -0.126. The number of benzene rings is 1. The fraction of sp³-hybridized carbons (Fsp3) is 0.385. The molecule has 1 N–H and O–H groups in total. The summed E-state index contributed by atoms with van der Waals surface area (Å²) in [5.41, 5.74) is 0.548. The molecule has 1 aliphatic rings. The zero-order valence-corrected chi connectivity index (χ0v) is 20.9. The first-order valence-electron chi connectivity index (χ1n) is 11.5. The summed E-state index contributed by atoms with van der Waals surface area (Å²) in [5.74, 6) is 0.735. The summed E-state index contributed by atoms with van der Waals surface area (Å²) in [4.78, 5) is 30.0. The van der Waals surface area contributed by atoms with Crippen molar-refractivity contribution in [3.63, 3.8) is 0 Å². The van der Waals surface area contributed by atoms with Gasteiger partial charge in [0, 0.05) is 10.9 Å². The molecule has 9 heteroatoms. The van der Waals surface area contributed by atoms with Crippen molar-refractivity contribution < 1.29 is 28.2 Å². The number of nitrogens with one attached hydrogen (secondary N) is 1. The second-order valence-electron chi connectivity index (χ2n) is 8.34. The lowest BCUT2D eigenvalue weighted by Gasteiger charge is -2.32. The van der Waals surface area contributed by atoms with Gasteiger partial charge in [0.25, 0.3) is 5.91 Å². The van der Waals surface area contributed by atoms with Gasteiger partial charge in [0.2, 0.25) is 11.7 Å². The van der Waals surface area contributed by atoms with E-state index in [0.717, 1.165) is 30.6 Å². The molecule has 1 atom stereocenters. The quantitative estimate of drug-likeness (QED) is 0.432. The molecule has 2 aromatic heterocycles. The van der Waals surface area contributed by atoms with E-state index >= 15 is 0 Å². The summed E-state index contributed by atoms with van der Waals surface area (Å²) in [7, 11) is 4.56. The Hall–Kier alpha value is -3.46. The van der Waals surface area contributed by atoms with Gasteiger partial charge in [0.15, 0.2) is 17.3 Å². The van der Waals surface area contributed by atoms with Crippen LogP contribution in [-0.4, -0.2) is 44.1 Å². The lowest BCUT2D eigenvalue weighted by Crippen LogP contribution is -2.45. The molecule has 2 heterocycles. The molecule has 2 amide bonds. The number of furan rings is 1. The number of ether oxygens (including phenoxy) is 3. The Labute approximate surface area is 208 Å². The van der Waals surface area contributed by atoms with Gasteiger partial charge in [-0.3, -0.25) is 9.59 Å². The Morgan fingerprint density at radius 1 is 1.09 bits per heavy atom. The molecule has 35 heavy (non-hydrogen) atoms. The molecule has 0 bridgehead atoms. The molecule has 186 valence electrons. The van der Waals surface area contributed by atoms with E-state index in [4.69, 9.17) is 18.6 Å². The van der Waals surface area contributed by atoms with Crippen molar-refractivity contribution in [2.45, 2.75) is 44.3 Å².